The highest BCUT2D eigenvalue weighted by molar-refractivity contribution is 6.46. The highest BCUT2D eigenvalue weighted by atomic mass is 16.5. The van der Waals surface area contributed by atoms with E-state index in [9.17, 15) is 14.7 Å². The average molecular weight is 547 g/mol. The largest absolute Gasteiger partial charge is 0.872 e. The molecule has 0 radical (unpaired) electrons. The van der Waals surface area contributed by atoms with Crippen LogP contribution in [-0.2, 0) is 14.3 Å². The molecule has 0 spiro atoms. The molecule has 2 aliphatic rings. The highest BCUT2D eigenvalue weighted by Crippen LogP contribution is 2.43. The van der Waals surface area contributed by atoms with Gasteiger partial charge in [-0.15, -0.1) is 0 Å². The summed E-state index contributed by atoms with van der Waals surface area (Å²) < 4.78 is 18.2. The lowest BCUT2D eigenvalue weighted by Crippen LogP contribution is -3.14. The number of ketones is 1. The Balaban J connectivity index is 1.57. The summed E-state index contributed by atoms with van der Waals surface area (Å²) in [6.07, 6.45) is 2.13. The predicted octanol–water partition coefficient (Wildman–Crippen LogP) is 0.727. The Labute approximate surface area is 233 Å². The van der Waals surface area contributed by atoms with Crippen molar-refractivity contribution in [2.75, 3.05) is 53.6 Å². The molecule has 1 N–H and O–H groups in total. The molecule has 210 valence electrons. The molecule has 10 nitrogen and oxygen atoms in total. The SMILES string of the molecule is COc1ccc(OC)c(C2C(=C([O-])c3cnn(-c4ccccc4)c3C)C(=O)C(=O)N2CCC[NH+]2CCOCC2)c1. The number of carbonyl (C=O) groups is 2. The fourth-order valence-corrected chi connectivity index (χ4v) is 5.49. The predicted molar refractivity (Wildman–Crippen MR) is 145 cm³/mol. The number of carbonyl (C=O) groups excluding carboxylic acids is 2. The summed E-state index contributed by atoms with van der Waals surface area (Å²) >= 11 is 0. The molecular formula is C30H34N4O6. The van der Waals surface area contributed by atoms with Gasteiger partial charge in [-0.1, -0.05) is 24.0 Å². The summed E-state index contributed by atoms with van der Waals surface area (Å²) in [6.45, 7) is 6.15. The van der Waals surface area contributed by atoms with Gasteiger partial charge in [0.05, 0.1) is 51.9 Å². The number of hydrogen-bond donors (Lipinski definition) is 1. The Morgan fingerprint density at radius 3 is 2.55 bits per heavy atom. The molecule has 2 fully saturated rings. The molecule has 1 atom stereocenters. The summed E-state index contributed by atoms with van der Waals surface area (Å²) in [7, 11) is 3.06. The van der Waals surface area contributed by atoms with Crippen molar-refractivity contribution in [1.29, 1.82) is 0 Å². The van der Waals surface area contributed by atoms with Gasteiger partial charge >= 0.3 is 0 Å². The maximum absolute atomic E-state index is 14.1. The van der Waals surface area contributed by atoms with Gasteiger partial charge in [0.25, 0.3) is 5.91 Å². The van der Waals surface area contributed by atoms with Gasteiger partial charge in [0.15, 0.2) is 0 Å². The third kappa shape index (κ3) is 5.20. The van der Waals surface area contributed by atoms with Gasteiger partial charge < -0.3 is 29.1 Å². The summed E-state index contributed by atoms with van der Waals surface area (Å²) in [4.78, 5) is 29.9. The summed E-state index contributed by atoms with van der Waals surface area (Å²) in [5, 5.41) is 18.5. The number of hydrogen-bond acceptors (Lipinski definition) is 7. The van der Waals surface area contributed by atoms with E-state index >= 15 is 0 Å². The van der Waals surface area contributed by atoms with E-state index in [2.05, 4.69) is 5.10 Å². The number of para-hydroxylation sites is 1. The number of aromatic nitrogens is 2. The third-order valence-corrected chi connectivity index (χ3v) is 7.65. The number of quaternary nitrogens is 1. The lowest BCUT2D eigenvalue weighted by Gasteiger charge is -2.29. The first-order valence-corrected chi connectivity index (χ1v) is 13.4. The molecule has 0 aliphatic carbocycles. The highest BCUT2D eigenvalue weighted by Gasteiger charge is 2.45. The molecule has 3 aromatic rings. The standard InChI is InChI=1S/C30H34N4O6/c1-20-24(19-31-34(20)21-8-5-4-6-9-21)28(35)26-27(23-18-22(38-2)10-11-25(23)39-3)33(30(37)29(26)36)13-7-12-32-14-16-40-17-15-32/h4-6,8-11,18-19,27,35H,7,12-17H2,1-3H3. The number of nitrogens with zero attached hydrogens (tertiary/aromatic N) is 3. The van der Waals surface area contributed by atoms with Crippen molar-refractivity contribution in [3.05, 3.63) is 77.1 Å². The molecule has 2 aliphatic heterocycles. The second-order valence-corrected chi connectivity index (χ2v) is 9.94. The minimum Gasteiger partial charge on any atom is -0.872 e. The van der Waals surface area contributed by atoms with Crippen LogP contribution in [0.3, 0.4) is 0 Å². The number of Topliss-reactive ketones (excluding diaryl/α,β-unsaturated/α-hetero) is 1. The summed E-state index contributed by atoms with van der Waals surface area (Å²) in [5.74, 6) is -1.03. The zero-order valence-electron chi connectivity index (χ0n) is 23.0. The first-order chi connectivity index (χ1) is 19.4. The zero-order chi connectivity index (χ0) is 28.2. The van der Waals surface area contributed by atoms with Gasteiger partial charge in [0.2, 0.25) is 5.78 Å². The lowest BCUT2D eigenvalue weighted by atomic mass is 9.94. The van der Waals surface area contributed by atoms with Gasteiger partial charge in [-0.3, -0.25) is 9.59 Å². The maximum atomic E-state index is 14.1. The number of morpholine rings is 1. The number of benzene rings is 2. The van der Waals surface area contributed by atoms with Crippen molar-refractivity contribution in [3.8, 4) is 17.2 Å². The topological polar surface area (TPSA) is 110 Å². The van der Waals surface area contributed by atoms with Crippen molar-refractivity contribution in [2.24, 2.45) is 0 Å². The van der Waals surface area contributed by atoms with E-state index in [1.165, 1.54) is 30.2 Å². The van der Waals surface area contributed by atoms with Crippen molar-refractivity contribution < 1.29 is 33.8 Å². The van der Waals surface area contributed by atoms with Gasteiger partial charge in [-0.2, -0.15) is 5.10 Å². The minimum atomic E-state index is -0.920. The van der Waals surface area contributed by atoms with Gasteiger partial charge in [-0.05, 0) is 37.3 Å². The van der Waals surface area contributed by atoms with E-state index in [-0.39, 0.29) is 11.1 Å². The summed E-state index contributed by atoms with van der Waals surface area (Å²) in [6, 6.07) is 13.7. The van der Waals surface area contributed by atoms with Gasteiger partial charge in [0, 0.05) is 35.4 Å². The van der Waals surface area contributed by atoms with Crippen LogP contribution in [0, 0.1) is 6.92 Å². The van der Waals surface area contributed by atoms with Gasteiger partial charge in [-0.25, -0.2) is 4.68 Å². The molecule has 40 heavy (non-hydrogen) atoms. The monoisotopic (exact) mass is 546 g/mol. The molecule has 1 aromatic heterocycles. The van der Waals surface area contributed by atoms with Crippen LogP contribution in [0.1, 0.15) is 29.3 Å². The van der Waals surface area contributed by atoms with E-state index in [4.69, 9.17) is 14.2 Å². The lowest BCUT2D eigenvalue weighted by molar-refractivity contribution is -0.908. The second kappa shape index (κ2) is 11.9. The maximum Gasteiger partial charge on any atom is 0.295 e. The Bertz CT molecular complexity index is 1410. The minimum absolute atomic E-state index is 0.106. The fraction of sp³-hybridized carbons (Fsp3) is 0.367. The molecule has 5 rings (SSSR count). The number of amides is 1. The van der Waals surface area contributed by atoms with Crippen LogP contribution >= 0.6 is 0 Å². The van der Waals surface area contributed by atoms with Crippen molar-refractivity contribution >= 4 is 17.4 Å². The van der Waals surface area contributed by atoms with Crippen LogP contribution in [-0.4, -0.2) is 80.0 Å². The van der Waals surface area contributed by atoms with E-state index in [0.717, 1.165) is 25.3 Å². The molecule has 2 aromatic carbocycles. The van der Waals surface area contributed by atoms with Crippen LogP contribution in [0.5, 0.6) is 11.5 Å². The Hall–Kier alpha value is -4.15. The Morgan fingerprint density at radius 1 is 1.10 bits per heavy atom. The first-order valence-electron chi connectivity index (χ1n) is 13.4. The number of rotatable bonds is 9. The van der Waals surface area contributed by atoms with E-state index < -0.39 is 23.5 Å². The zero-order valence-corrected chi connectivity index (χ0v) is 23.0. The third-order valence-electron chi connectivity index (χ3n) is 7.65. The number of likely N-dealkylation sites (tertiary alicyclic amines) is 1. The number of nitrogens with one attached hydrogen (secondary N) is 1. The molecule has 3 heterocycles. The molecule has 1 unspecified atom stereocenters. The van der Waals surface area contributed by atoms with E-state index in [0.29, 0.717) is 48.9 Å². The second-order valence-electron chi connectivity index (χ2n) is 9.94. The quantitative estimate of drug-likeness (QED) is 0.239. The van der Waals surface area contributed by atoms with Crippen LogP contribution in [0.2, 0.25) is 0 Å². The molecule has 10 heteroatoms. The molecular weight excluding hydrogens is 512 g/mol. The van der Waals surface area contributed by atoms with Crippen LogP contribution in [0.4, 0.5) is 0 Å². The van der Waals surface area contributed by atoms with Crippen LogP contribution < -0.4 is 19.5 Å². The normalized spacial score (nSPS) is 19.3. The van der Waals surface area contributed by atoms with Crippen molar-refractivity contribution in [1.82, 2.24) is 14.7 Å². The Morgan fingerprint density at radius 2 is 1.85 bits per heavy atom. The van der Waals surface area contributed by atoms with Crippen molar-refractivity contribution in [2.45, 2.75) is 19.4 Å². The van der Waals surface area contributed by atoms with Gasteiger partial charge in [0.1, 0.15) is 24.6 Å². The first kappa shape index (κ1) is 27.4. The molecule has 0 bridgehead atoms. The smallest absolute Gasteiger partial charge is 0.295 e. The summed E-state index contributed by atoms with van der Waals surface area (Å²) in [5.41, 5.74) is 2.06. The van der Waals surface area contributed by atoms with Crippen molar-refractivity contribution in [3.63, 3.8) is 0 Å². The average Bonchev–Trinajstić information content (AvgIpc) is 3.50. The van der Waals surface area contributed by atoms with E-state index in [1.807, 2.05) is 30.3 Å². The number of methoxy groups -OCH3 is 2. The van der Waals surface area contributed by atoms with Crippen LogP contribution in [0.25, 0.3) is 11.4 Å². The van der Waals surface area contributed by atoms with Crippen LogP contribution in [0.15, 0.2) is 60.3 Å². The Kier molecular flexibility index (Phi) is 8.18. The molecule has 2 saturated heterocycles. The fourth-order valence-electron chi connectivity index (χ4n) is 5.49. The molecule has 1 amide bonds. The molecule has 0 saturated carbocycles. The van der Waals surface area contributed by atoms with E-state index in [1.54, 1.807) is 29.8 Å². The number of ether oxygens (including phenoxy) is 3.